The minimum absolute atomic E-state index is 0.131. The number of aromatic nitrogens is 1. The third kappa shape index (κ3) is 3.39. The fraction of sp³-hybridized carbons (Fsp3) is 0.154. The summed E-state index contributed by atoms with van der Waals surface area (Å²) in [6.45, 7) is 1.94. The molecule has 1 aromatic carbocycles. The van der Waals surface area contributed by atoms with Gasteiger partial charge in [-0.05, 0) is 25.1 Å². The Balaban J connectivity index is 2.07. The molecule has 0 aliphatic carbocycles. The van der Waals surface area contributed by atoms with Crippen LogP contribution in [0, 0.1) is 5.82 Å². The summed E-state index contributed by atoms with van der Waals surface area (Å²) in [7, 11) is 0. The molecule has 2 aromatic rings. The Kier molecular flexibility index (Phi) is 4.41. The highest BCUT2D eigenvalue weighted by Crippen LogP contribution is 2.17. The van der Waals surface area contributed by atoms with Crippen LogP contribution in [-0.2, 0) is 4.74 Å². The molecule has 0 atom stereocenters. The van der Waals surface area contributed by atoms with Crippen molar-refractivity contribution in [3.8, 4) is 0 Å². The van der Waals surface area contributed by atoms with Gasteiger partial charge in [0.25, 0.3) is 5.91 Å². The first-order chi connectivity index (χ1) is 9.60. The van der Waals surface area contributed by atoms with Gasteiger partial charge in [-0.1, -0.05) is 6.07 Å². The molecule has 5 nitrogen and oxygen atoms in total. The van der Waals surface area contributed by atoms with Crippen molar-refractivity contribution >= 4 is 28.3 Å². The van der Waals surface area contributed by atoms with Gasteiger partial charge < -0.3 is 4.74 Å². The largest absolute Gasteiger partial charge is 0.461 e. The predicted octanol–water partition coefficient (Wildman–Crippen LogP) is 2.71. The minimum Gasteiger partial charge on any atom is -0.461 e. The maximum Gasteiger partial charge on any atom is 0.357 e. The highest BCUT2D eigenvalue weighted by Gasteiger charge is 2.14. The first kappa shape index (κ1) is 14.1. The lowest BCUT2D eigenvalue weighted by Crippen LogP contribution is -2.12. The molecule has 0 unspecified atom stereocenters. The first-order valence-electron chi connectivity index (χ1n) is 5.79. The third-order valence-electron chi connectivity index (χ3n) is 2.30. The van der Waals surface area contributed by atoms with Crippen LogP contribution in [0.3, 0.4) is 0 Å². The van der Waals surface area contributed by atoms with Gasteiger partial charge in [-0.25, -0.2) is 14.2 Å². The zero-order valence-electron chi connectivity index (χ0n) is 10.6. The first-order valence-corrected chi connectivity index (χ1v) is 6.67. The van der Waals surface area contributed by atoms with E-state index in [0.29, 0.717) is 0 Å². The zero-order chi connectivity index (χ0) is 14.5. The average molecular weight is 294 g/mol. The minimum atomic E-state index is -0.546. The molecule has 0 fully saturated rings. The van der Waals surface area contributed by atoms with Gasteiger partial charge in [0.05, 0.1) is 6.61 Å². The number of nitrogens with one attached hydrogen (secondary N) is 1. The summed E-state index contributed by atoms with van der Waals surface area (Å²) < 4.78 is 17.8. The number of ether oxygens (including phenoxy) is 1. The quantitative estimate of drug-likeness (QED) is 0.880. The predicted molar refractivity (Wildman–Crippen MR) is 72.4 cm³/mol. The van der Waals surface area contributed by atoms with Gasteiger partial charge in [0.1, 0.15) is 5.82 Å². The summed E-state index contributed by atoms with van der Waals surface area (Å²) in [6, 6.07) is 5.29. The molecule has 1 amide bonds. The number of halogens is 1. The summed E-state index contributed by atoms with van der Waals surface area (Å²) >= 11 is 1.09. The number of amides is 1. The lowest BCUT2D eigenvalue weighted by molar-refractivity contribution is 0.0520. The number of hydrogen-bond donors (Lipinski definition) is 1. The van der Waals surface area contributed by atoms with Crippen molar-refractivity contribution in [2.24, 2.45) is 0 Å². The number of benzene rings is 1. The number of rotatable bonds is 4. The van der Waals surface area contributed by atoms with Crippen LogP contribution >= 0.6 is 11.3 Å². The molecular weight excluding hydrogens is 283 g/mol. The smallest absolute Gasteiger partial charge is 0.357 e. The number of thiazole rings is 1. The number of hydrogen-bond acceptors (Lipinski definition) is 5. The zero-order valence-corrected chi connectivity index (χ0v) is 11.4. The van der Waals surface area contributed by atoms with E-state index in [9.17, 15) is 14.0 Å². The van der Waals surface area contributed by atoms with E-state index in [1.165, 1.54) is 23.6 Å². The molecule has 1 aromatic heterocycles. The standard InChI is InChI=1S/C13H11FN2O3S/c1-2-19-12(18)10-7-20-13(15-10)16-11(17)8-4-3-5-9(14)6-8/h3-7H,2H2,1H3,(H,15,16,17). The Morgan fingerprint density at radius 3 is 2.95 bits per heavy atom. The third-order valence-corrected chi connectivity index (χ3v) is 3.05. The van der Waals surface area contributed by atoms with E-state index in [2.05, 4.69) is 10.3 Å². The molecule has 0 bridgehead atoms. The number of esters is 1. The highest BCUT2D eigenvalue weighted by atomic mass is 32.1. The average Bonchev–Trinajstić information content (AvgIpc) is 2.87. The van der Waals surface area contributed by atoms with E-state index in [0.717, 1.165) is 17.4 Å². The van der Waals surface area contributed by atoms with Crippen LogP contribution in [0.25, 0.3) is 0 Å². The number of anilines is 1. The van der Waals surface area contributed by atoms with E-state index in [-0.39, 0.29) is 23.0 Å². The maximum absolute atomic E-state index is 13.0. The molecular formula is C13H11FN2O3S. The molecule has 7 heteroatoms. The summed E-state index contributed by atoms with van der Waals surface area (Å²) in [5, 5.41) is 4.23. The molecule has 2 rings (SSSR count). The number of nitrogens with zero attached hydrogens (tertiary/aromatic N) is 1. The van der Waals surface area contributed by atoms with Crippen molar-refractivity contribution in [3.05, 3.63) is 46.7 Å². The van der Waals surface area contributed by atoms with Gasteiger partial charge in [0.15, 0.2) is 10.8 Å². The Labute approximate surface area is 118 Å². The van der Waals surface area contributed by atoms with Crippen LogP contribution in [0.15, 0.2) is 29.6 Å². The molecule has 20 heavy (non-hydrogen) atoms. The van der Waals surface area contributed by atoms with Crippen LogP contribution in [0.1, 0.15) is 27.8 Å². The second kappa shape index (κ2) is 6.25. The molecule has 0 aliphatic heterocycles. The van der Waals surface area contributed by atoms with E-state index < -0.39 is 17.7 Å². The molecule has 0 saturated heterocycles. The van der Waals surface area contributed by atoms with E-state index in [1.807, 2.05) is 0 Å². The van der Waals surface area contributed by atoms with Crippen LogP contribution in [0.4, 0.5) is 9.52 Å². The van der Waals surface area contributed by atoms with Crippen molar-refractivity contribution in [1.82, 2.24) is 4.98 Å². The van der Waals surface area contributed by atoms with Crippen molar-refractivity contribution in [2.45, 2.75) is 6.92 Å². The normalized spacial score (nSPS) is 10.1. The van der Waals surface area contributed by atoms with Gasteiger partial charge in [0.2, 0.25) is 0 Å². The van der Waals surface area contributed by atoms with Gasteiger partial charge in [-0.3, -0.25) is 10.1 Å². The topological polar surface area (TPSA) is 68.3 Å². The summed E-state index contributed by atoms with van der Waals surface area (Å²) in [5.74, 6) is -1.53. The van der Waals surface area contributed by atoms with Crippen LogP contribution < -0.4 is 5.32 Å². The lowest BCUT2D eigenvalue weighted by atomic mass is 10.2. The Hall–Kier alpha value is -2.28. The van der Waals surface area contributed by atoms with Crippen molar-refractivity contribution in [2.75, 3.05) is 11.9 Å². The van der Waals surface area contributed by atoms with Gasteiger partial charge in [-0.2, -0.15) is 0 Å². The maximum atomic E-state index is 13.0. The van der Waals surface area contributed by atoms with Crippen LogP contribution in [-0.4, -0.2) is 23.5 Å². The summed E-state index contributed by atoms with van der Waals surface area (Å²) in [4.78, 5) is 27.2. The van der Waals surface area contributed by atoms with Gasteiger partial charge in [-0.15, -0.1) is 11.3 Å². The molecule has 0 saturated carbocycles. The second-order valence-electron chi connectivity index (χ2n) is 3.72. The van der Waals surface area contributed by atoms with Gasteiger partial charge >= 0.3 is 5.97 Å². The van der Waals surface area contributed by atoms with Crippen LogP contribution in [0.5, 0.6) is 0 Å². The SMILES string of the molecule is CCOC(=O)c1csc(NC(=O)c2cccc(F)c2)n1. The lowest BCUT2D eigenvalue weighted by Gasteiger charge is -2.01. The highest BCUT2D eigenvalue weighted by molar-refractivity contribution is 7.14. The molecule has 0 radical (unpaired) electrons. The summed E-state index contributed by atoms with van der Waals surface area (Å²) in [5.41, 5.74) is 0.310. The van der Waals surface area contributed by atoms with Crippen molar-refractivity contribution in [1.29, 1.82) is 0 Å². The summed E-state index contributed by atoms with van der Waals surface area (Å²) in [6.07, 6.45) is 0. The molecule has 0 aliphatic rings. The van der Waals surface area contributed by atoms with Crippen molar-refractivity contribution in [3.63, 3.8) is 0 Å². The Bertz CT molecular complexity index is 642. The van der Waals surface area contributed by atoms with E-state index >= 15 is 0 Å². The second-order valence-corrected chi connectivity index (χ2v) is 4.58. The van der Waals surface area contributed by atoms with E-state index in [1.54, 1.807) is 6.92 Å². The van der Waals surface area contributed by atoms with Crippen molar-refractivity contribution < 1.29 is 18.7 Å². The number of carbonyl (C=O) groups is 2. The molecule has 1 N–H and O–H groups in total. The molecule has 1 heterocycles. The Morgan fingerprint density at radius 2 is 2.25 bits per heavy atom. The molecule has 0 spiro atoms. The Morgan fingerprint density at radius 1 is 1.45 bits per heavy atom. The van der Waals surface area contributed by atoms with Gasteiger partial charge in [0, 0.05) is 10.9 Å². The monoisotopic (exact) mass is 294 g/mol. The van der Waals surface area contributed by atoms with Crippen LogP contribution in [0.2, 0.25) is 0 Å². The number of carbonyl (C=O) groups excluding carboxylic acids is 2. The molecule has 104 valence electrons. The fourth-order valence-corrected chi connectivity index (χ4v) is 2.10. The van der Waals surface area contributed by atoms with E-state index in [4.69, 9.17) is 4.74 Å². The fourth-order valence-electron chi connectivity index (χ4n) is 1.43.